The van der Waals surface area contributed by atoms with Crippen molar-refractivity contribution in [3.8, 4) is 5.75 Å². The molecule has 1 saturated carbocycles. The number of alkyl halides is 6. The van der Waals surface area contributed by atoms with E-state index in [1.54, 1.807) is 0 Å². The molecule has 0 spiro atoms. The summed E-state index contributed by atoms with van der Waals surface area (Å²) in [5, 5.41) is 11.5. The van der Waals surface area contributed by atoms with E-state index in [-0.39, 0.29) is 16.9 Å². The fraction of sp³-hybridized carbons (Fsp3) is 0.464. The van der Waals surface area contributed by atoms with Gasteiger partial charge >= 0.3 is 18.5 Å². The Bertz CT molecular complexity index is 1600. The van der Waals surface area contributed by atoms with Crippen molar-refractivity contribution in [2.45, 2.75) is 50.0 Å². The summed E-state index contributed by atoms with van der Waals surface area (Å²) >= 11 is 3.05. The van der Waals surface area contributed by atoms with E-state index in [0.29, 0.717) is 18.4 Å². The molecule has 0 amide bonds. The maximum atomic E-state index is 12.8. The Kier molecular flexibility index (Phi) is 12.5. The Morgan fingerprint density at radius 2 is 1.61 bits per heavy atom. The van der Waals surface area contributed by atoms with E-state index >= 15 is 0 Å². The first-order valence-electron chi connectivity index (χ1n) is 14.0. The fourth-order valence-corrected chi connectivity index (χ4v) is 6.23. The molecule has 1 aromatic heterocycles. The Balaban J connectivity index is 0.000000738. The lowest BCUT2D eigenvalue weighted by Crippen LogP contribution is -2.33. The number of nitrogens with zero attached hydrogens (tertiary/aromatic N) is 3. The van der Waals surface area contributed by atoms with Gasteiger partial charge in [-0.1, -0.05) is 28.1 Å². The van der Waals surface area contributed by atoms with Crippen molar-refractivity contribution in [2.75, 3.05) is 36.9 Å². The minimum absolute atomic E-state index is 0.0835. The number of rotatable bonds is 10. The maximum absolute atomic E-state index is 12.8. The van der Waals surface area contributed by atoms with Gasteiger partial charge in [0.25, 0.3) is 0 Å². The summed E-state index contributed by atoms with van der Waals surface area (Å²) in [4.78, 5) is 19.8. The Hall–Kier alpha value is -3.38. The number of aliphatic carboxylic acids is 1. The van der Waals surface area contributed by atoms with Crippen LogP contribution in [-0.4, -0.2) is 68.7 Å². The van der Waals surface area contributed by atoms with Crippen LogP contribution >= 0.6 is 15.9 Å². The summed E-state index contributed by atoms with van der Waals surface area (Å²) in [7, 11) is -2.20. The summed E-state index contributed by atoms with van der Waals surface area (Å²) in [6.07, 6.45) is -6.74. The average Bonchev–Trinajstić information content (AvgIpc) is 2.97. The predicted molar refractivity (Wildman–Crippen MR) is 162 cm³/mol. The van der Waals surface area contributed by atoms with Gasteiger partial charge in [0, 0.05) is 36.5 Å². The van der Waals surface area contributed by atoms with E-state index in [2.05, 4.69) is 47.5 Å². The molecule has 0 atom stereocenters. The van der Waals surface area contributed by atoms with Crippen molar-refractivity contribution in [3.05, 3.63) is 46.9 Å². The summed E-state index contributed by atoms with van der Waals surface area (Å²) < 4.78 is 102. The SMILES string of the molecule is CCN(C)c1nc(NCC2CCC(CNS(=O)(=O)c3ccc(Br)cc3OC(F)(F)F)CC2)nc2ccccc12.O=C(O)C(F)(F)F. The van der Waals surface area contributed by atoms with Gasteiger partial charge in [-0.2, -0.15) is 18.2 Å². The van der Waals surface area contributed by atoms with E-state index in [1.165, 1.54) is 6.07 Å². The first kappa shape index (κ1) is 37.1. The van der Waals surface area contributed by atoms with Crippen molar-refractivity contribution in [3.63, 3.8) is 0 Å². The number of aromatic nitrogens is 2. The molecule has 0 aliphatic heterocycles. The van der Waals surface area contributed by atoms with Crippen LogP contribution in [0, 0.1) is 11.8 Å². The minimum atomic E-state index is -5.08. The number of hydrogen-bond acceptors (Lipinski definition) is 8. The van der Waals surface area contributed by atoms with Gasteiger partial charge < -0.3 is 20.1 Å². The number of fused-ring (bicyclic) bond motifs is 1. The van der Waals surface area contributed by atoms with E-state index in [0.717, 1.165) is 61.1 Å². The van der Waals surface area contributed by atoms with Crippen LogP contribution in [0.3, 0.4) is 0 Å². The van der Waals surface area contributed by atoms with Gasteiger partial charge in [0.15, 0.2) is 5.75 Å². The van der Waals surface area contributed by atoms with Crippen LogP contribution in [0.15, 0.2) is 51.8 Å². The summed E-state index contributed by atoms with van der Waals surface area (Å²) in [6.45, 7) is 3.72. The molecule has 10 nitrogen and oxygen atoms in total. The number of hydrogen-bond donors (Lipinski definition) is 3. The molecule has 3 aromatic rings. The molecule has 0 bridgehead atoms. The second kappa shape index (κ2) is 15.5. The van der Waals surface area contributed by atoms with Gasteiger partial charge in [-0.25, -0.2) is 22.9 Å². The lowest BCUT2D eigenvalue weighted by atomic mass is 9.82. The smallest absolute Gasteiger partial charge is 0.475 e. The number of carboxylic acids is 1. The molecule has 1 heterocycles. The predicted octanol–water partition coefficient (Wildman–Crippen LogP) is 6.58. The highest BCUT2D eigenvalue weighted by atomic mass is 79.9. The number of halogens is 7. The number of benzene rings is 2. The van der Waals surface area contributed by atoms with Gasteiger partial charge in [-0.05, 0) is 74.8 Å². The van der Waals surface area contributed by atoms with E-state index in [4.69, 9.17) is 14.9 Å². The number of carbonyl (C=O) groups is 1. The van der Waals surface area contributed by atoms with Crippen LogP contribution in [-0.2, 0) is 14.8 Å². The summed E-state index contributed by atoms with van der Waals surface area (Å²) in [5.41, 5.74) is 0.871. The van der Waals surface area contributed by atoms with Crippen LogP contribution in [0.25, 0.3) is 10.9 Å². The molecule has 18 heteroatoms. The monoisotopic (exact) mass is 743 g/mol. The second-order valence-electron chi connectivity index (χ2n) is 10.5. The van der Waals surface area contributed by atoms with Crippen LogP contribution in [0.5, 0.6) is 5.75 Å². The van der Waals surface area contributed by atoms with Gasteiger partial charge in [-0.15, -0.1) is 13.2 Å². The quantitative estimate of drug-likeness (QED) is 0.197. The summed E-state index contributed by atoms with van der Waals surface area (Å²) in [6, 6.07) is 11.3. The molecule has 46 heavy (non-hydrogen) atoms. The van der Waals surface area contributed by atoms with Gasteiger partial charge in [-0.3, -0.25) is 0 Å². The zero-order chi connectivity index (χ0) is 34.3. The Morgan fingerprint density at radius 1 is 1.02 bits per heavy atom. The average molecular weight is 745 g/mol. The molecule has 1 aliphatic rings. The Morgan fingerprint density at radius 3 is 2.17 bits per heavy atom. The second-order valence-corrected chi connectivity index (χ2v) is 13.1. The first-order valence-corrected chi connectivity index (χ1v) is 16.2. The molecule has 254 valence electrons. The zero-order valence-electron chi connectivity index (χ0n) is 24.6. The highest BCUT2D eigenvalue weighted by Gasteiger charge is 2.38. The molecule has 2 aromatic carbocycles. The minimum Gasteiger partial charge on any atom is -0.475 e. The van der Waals surface area contributed by atoms with Crippen LogP contribution < -0.4 is 19.7 Å². The fourth-order valence-electron chi connectivity index (χ4n) is 4.67. The van der Waals surface area contributed by atoms with Gasteiger partial charge in [0.05, 0.1) is 5.52 Å². The van der Waals surface area contributed by atoms with Gasteiger partial charge in [0.2, 0.25) is 16.0 Å². The number of nitrogens with one attached hydrogen (secondary N) is 2. The topological polar surface area (TPSA) is 134 Å². The van der Waals surface area contributed by atoms with E-state index in [9.17, 15) is 34.8 Å². The molecule has 4 rings (SSSR count). The maximum Gasteiger partial charge on any atom is 0.573 e. The third kappa shape index (κ3) is 10.9. The molecular weight excluding hydrogens is 712 g/mol. The first-order chi connectivity index (χ1) is 21.4. The largest absolute Gasteiger partial charge is 0.573 e. The van der Waals surface area contributed by atoms with Crippen LogP contribution in [0.1, 0.15) is 32.6 Å². The van der Waals surface area contributed by atoms with Crippen molar-refractivity contribution < 1.29 is 49.4 Å². The van der Waals surface area contributed by atoms with E-state index in [1.807, 2.05) is 31.3 Å². The van der Waals surface area contributed by atoms with Crippen molar-refractivity contribution in [2.24, 2.45) is 11.8 Å². The Labute approximate surface area is 269 Å². The number of para-hydroxylation sites is 1. The molecule has 1 aliphatic carbocycles. The lowest BCUT2D eigenvalue weighted by Gasteiger charge is -2.29. The third-order valence-corrected chi connectivity index (χ3v) is 9.12. The molecule has 0 saturated heterocycles. The highest BCUT2D eigenvalue weighted by molar-refractivity contribution is 9.10. The third-order valence-electron chi connectivity index (χ3n) is 7.16. The lowest BCUT2D eigenvalue weighted by molar-refractivity contribution is -0.275. The number of anilines is 2. The van der Waals surface area contributed by atoms with Crippen molar-refractivity contribution >= 4 is 54.6 Å². The normalized spacial score (nSPS) is 17.2. The van der Waals surface area contributed by atoms with Crippen molar-refractivity contribution in [1.82, 2.24) is 14.7 Å². The number of ether oxygens (including phenoxy) is 1. The van der Waals surface area contributed by atoms with Crippen LogP contribution in [0.2, 0.25) is 0 Å². The summed E-state index contributed by atoms with van der Waals surface area (Å²) in [5.74, 6) is -1.63. The molecular formula is C28H32BrF6N5O5S. The van der Waals surface area contributed by atoms with Gasteiger partial charge in [0.1, 0.15) is 10.7 Å². The molecule has 0 radical (unpaired) electrons. The number of sulfonamides is 1. The molecule has 0 unspecified atom stereocenters. The number of carboxylic acid groups (broad SMARTS) is 1. The molecule has 1 fully saturated rings. The van der Waals surface area contributed by atoms with E-state index < -0.39 is 39.2 Å². The molecule has 3 N–H and O–H groups in total. The zero-order valence-corrected chi connectivity index (χ0v) is 27.0. The highest BCUT2D eigenvalue weighted by Crippen LogP contribution is 2.33. The van der Waals surface area contributed by atoms with Crippen LogP contribution in [0.4, 0.5) is 38.1 Å². The van der Waals surface area contributed by atoms with Crippen molar-refractivity contribution in [1.29, 1.82) is 0 Å². The standard InChI is InChI=1S/C26H31BrF3N5O3S.C2HF3O2/c1-3-35(2)24-20-6-4-5-7-21(20)33-25(34-24)31-15-17-8-10-18(11-9-17)16-32-39(36,37)23-13-12-19(27)14-22(23)38-26(28,29)30;3-2(4,5)1(6)7/h4-7,12-14,17-18,32H,3,8-11,15-16H2,1-2H3,(H,31,33,34);(H,6,7).